The fraction of sp³-hybridized carbons (Fsp3) is 0. The lowest BCUT2D eigenvalue weighted by molar-refractivity contribution is 1.39. The van der Waals surface area contributed by atoms with Crippen LogP contribution in [0, 0.1) is 0 Å². The van der Waals surface area contributed by atoms with Gasteiger partial charge in [-0.2, -0.15) is 0 Å². The van der Waals surface area contributed by atoms with Gasteiger partial charge < -0.3 is 0 Å². The third-order valence-electron chi connectivity index (χ3n) is 1.08. The molecule has 0 unspecified atom stereocenters. The van der Waals surface area contributed by atoms with Crippen LogP contribution in [0.3, 0.4) is 0 Å². The number of hydrogen-bond acceptors (Lipinski definition) is 1. The number of rotatable bonds is 2. The van der Waals surface area contributed by atoms with Gasteiger partial charge in [0.2, 0.25) is 0 Å². The van der Waals surface area contributed by atoms with Crippen molar-refractivity contribution >= 4 is 14.8 Å². The summed E-state index contributed by atoms with van der Waals surface area (Å²) in [5.74, 6) is 0. The zero-order chi connectivity index (χ0) is 6.53. The van der Waals surface area contributed by atoms with E-state index in [0.29, 0.717) is 0 Å². The zero-order valence-corrected chi connectivity index (χ0v) is 6.66. The summed E-state index contributed by atoms with van der Waals surface area (Å²) < 4.78 is 0. The van der Waals surface area contributed by atoms with Gasteiger partial charge in [-0.1, -0.05) is 6.07 Å². The van der Waals surface area contributed by atoms with Crippen LogP contribution in [0.4, 0.5) is 0 Å². The fourth-order valence-corrected chi connectivity index (χ4v) is 1.45. The van der Waals surface area contributed by atoms with Crippen molar-refractivity contribution < 1.29 is 0 Å². The van der Waals surface area contributed by atoms with E-state index in [-0.39, 0.29) is 9.52 Å². The van der Waals surface area contributed by atoms with E-state index in [1.54, 1.807) is 0 Å². The van der Waals surface area contributed by atoms with Crippen LogP contribution < -0.4 is 5.32 Å². The average molecular weight is 135 g/mol. The summed E-state index contributed by atoms with van der Waals surface area (Å²) in [6, 6.07) is 5.99. The molecule has 0 spiro atoms. The van der Waals surface area contributed by atoms with E-state index in [1.807, 2.05) is 30.1 Å². The molecule has 0 saturated heterocycles. The number of aromatic nitrogens is 1. The van der Waals surface area contributed by atoms with Crippen LogP contribution in [-0.4, -0.2) is 14.5 Å². The second-order valence-corrected chi connectivity index (χ2v) is 3.52. The molecule has 0 radical (unpaired) electrons. The molecule has 0 aliphatic rings. The Kier molecular flexibility index (Phi) is 2.21. The van der Waals surface area contributed by atoms with E-state index in [0.717, 1.165) is 0 Å². The van der Waals surface area contributed by atoms with Gasteiger partial charge in [-0.3, -0.25) is 4.98 Å². The van der Waals surface area contributed by atoms with E-state index in [4.69, 9.17) is 0 Å². The molecule has 0 aromatic carbocycles. The molecule has 0 aliphatic heterocycles. The van der Waals surface area contributed by atoms with Gasteiger partial charge in [0.25, 0.3) is 0 Å². The summed E-state index contributed by atoms with van der Waals surface area (Å²) in [5, 5.41) is 1.22. The van der Waals surface area contributed by atoms with E-state index >= 15 is 0 Å². The maximum Gasteiger partial charge on any atom is 0.101 e. The Labute approximate surface area is 57.3 Å². The van der Waals surface area contributed by atoms with Gasteiger partial charge in [-0.05, 0) is 12.1 Å². The summed E-state index contributed by atoms with van der Waals surface area (Å²) in [6.45, 7) is 3.68. The summed E-state index contributed by atoms with van der Waals surface area (Å²) in [6.07, 6.45) is 1.83. The minimum Gasteiger partial charge on any atom is -0.266 e. The van der Waals surface area contributed by atoms with E-state index in [1.165, 1.54) is 5.32 Å². The third-order valence-corrected chi connectivity index (χ3v) is 2.20. The molecule has 0 N–H and O–H groups in total. The highest BCUT2D eigenvalue weighted by Gasteiger charge is 1.84. The third kappa shape index (κ3) is 1.81. The first-order valence-corrected chi connectivity index (χ1v) is 4.46. The Bertz CT molecular complexity index is 183. The second-order valence-electron chi connectivity index (χ2n) is 1.81. The second kappa shape index (κ2) is 3.20. The minimum atomic E-state index is -0.248. The molecule has 0 saturated carbocycles. The predicted molar refractivity (Wildman–Crippen MR) is 42.6 cm³/mol. The standard InChI is InChI=1S/C7H9NSi/c1-2-9-7-5-3-4-6-8-7/h2-6H,1,9H2. The molecule has 1 heterocycles. The smallest absolute Gasteiger partial charge is 0.101 e. The van der Waals surface area contributed by atoms with Gasteiger partial charge in [-0.25, -0.2) is 0 Å². The van der Waals surface area contributed by atoms with Gasteiger partial charge >= 0.3 is 0 Å². The minimum absolute atomic E-state index is 0.248. The topological polar surface area (TPSA) is 12.9 Å². The molecule has 1 aromatic rings. The summed E-state index contributed by atoms with van der Waals surface area (Å²) in [4.78, 5) is 4.16. The molecule has 1 aromatic heterocycles. The SMILES string of the molecule is C=C[SiH2]c1ccccn1. The largest absolute Gasteiger partial charge is 0.266 e. The molecule has 1 nitrogen and oxygen atoms in total. The summed E-state index contributed by atoms with van der Waals surface area (Å²) in [5.41, 5.74) is 1.99. The highest BCUT2D eigenvalue weighted by Crippen LogP contribution is 1.74. The molecular weight excluding hydrogens is 126 g/mol. The Morgan fingerprint density at radius 3 is 3.00 bits per heavy atom. The first kappa shape index (κ1) is 6.23. The lowest BCUT2D eigenvalue weighted by Crippen LogP contribution is -2.14. The van der Waals surface area contributed by atoms with Gasteiger partial charge in [-0.15, -0.1) is 12.3 Å². The Morgan fingerprint density at radius 1 is 1.56 bits per heavy atom. The first-order valence-electron chi connectivity index (χ1n) is 2.94. The van der Waals surface area contributed by atoms with Crippen molar-refractivity contribution in [2.75, 3.05) is 0 Å². The van der Waals surface area contributed by atoms with Crippen LogP contribution in [0.1, 0.15) is 0 Å². The van der Waals surface area contributed by atoms with E-state index in [9.17, 15) is 0 Å². The molecule has 0 atom stereocenters. The van der Waals surface area contributed by atoms with Crippen LogP contribution in [0.25, 0.3) is 0 Å². The van der Waals surface area contributed by atoms with Crippen molar-refractivity contribution in [3.63, 3.8) is 0 Å². The van der Waals surface area contributed by atoms with Crippen LogP contribution >= 0.6 is 0 Å². The number of nitrogens with zero attached hydrogens (tertiary/aromatic N) is 1. The highest BCUT2D eigenvalue weighted by molar-refractivity contribution is 6.57. The molecule has 46 valence electrons. The van der Waals surface area contributed by atoms with Crippen LogP contribution in [0.5, 0.6) is 0 Å². The van der Waals surface area contributed by atoms with Crippen LogP contribution in [0.15, 0.2) is 36.7 Å². The van der Waals surface area contributed by atoms with Crippen molar-refractivity contribution in [2.45, 2.75) is 0 Å². The van der Waals surface area contributed by atoms with Crippen LogP contribution in [-0.2, 0) is 0 Å². The van der Waals surface area contributed by atoms with Gasteiger partial charge in [0.1, 0.15) is 9.52 Å². The van der Waals surface area contributed by atoms with Crippen molar-refractivity contribution in [1.82, 2.24) is 4.98 Å². The Morgan fingerprint density at radius 2 is 2.44 bits per heavy atom. The Hall–Kier alpha value is -0.893. The maximum atomic E-state index is 4.16. The van der Waals surface area contributed by atoms with Gasteiger partial charge in [0.05, 0.1) is 0 Å². The highest BCUT2D eigenvalue weighted by atomic mass is 28.2. The predicted octanol–water partition coefficient (Wildman–Crippen LogP) is 0.0192. The van der Waals surface area contributed by atoms with Crippen molar-refractivity contribution in [3.8, 4) is 0 Å². The van der Waals surface area contributed by atoms with Crippen molar-refractivity contribution in [2.24, 2.45) is 0 Å². The van der Waals surface area contributed by atoms with E-state index < -0.39 is 0 Å². The average Bonchev–Trinajstić information content (AvgIpc) is 1.91. The lowest BCUT2D eigenvalue weighted by atomic mass is 10.5. The molecule has 2 heteroatoms. The Balaban J connectivity index is 2.72. The molecule has 9 heavy (non-hydrogen) atoms. The molecule has 0 amide bonds. The molecule has 0 bridgehead atoms. The molecule has 1 rings (SSSR count). The molecular formula is C7H9NSi. The van der Waals surface area contributed by atoms with Gasteiger partial charge in [0.15, 0.2) is 0 Å². The quantitative estimate of drug-likeness (QED) is 0.521. The maximum absolute atomic E-state index is 4.16. The van der Waals surface area contributed by atoms with Crippen molar-refractivity contribution in [1.29, 1.82) is 0 Å². The monoisotopic (exact) mass is 135 g/mol. The number of hydrogen-bond donors (Lipinski definition) is 0. The molecule has 0 fully saturated rings. The van der Waals surface area contributed by atoms with Crippen LogP contribution in [0.2, 0.25) is 0 Å². The summed E-state index contributed by atoms with van der Waals surface area (Å²) in [7, 11) is -0.248. The van der Waals surface area contributed by atoms with E-state index in [2.05, 4.69) is 11.6 Å². The molecule has 0 aliphatic carbocycles. The normalized spacial score (nSPS) is 10.2. The first-order chi connectivity index (χ1) is 4.43. The van der Waals surface area contributed by atoms with Crippen molar-refractivity contribution in [3.05, 3.63) is 36.7 Å². The zero-order valence-electron chi connectivity index (χ0n) is 5.25. The fourth-order valence-electron chi connectivity index (χ4n) is 0.667. The number of pyridine rings is 1. The van der Waals surface area contributed by atoms with Gasteiger partial charge in [0, 0.05) is 11.5 Å². The summed E-state index contributed by atoms with van der Waals surface area (Å²) >= 11 is 0. The lowest BCUT2D eigenvalue weighted by Gasteiger charge is -1.89.